The van der Waals surface area contributed by atoms with E-state index < -0.39 is 0 Å². The molecule has 1 aromatic heterocycles. The van der Waals surface area contributed by atoms with E-state index in [-0.39, 0.29) is 17.9 Å². The Morgan fingerprint density at radius 3 is 2.61 bits per heavy atom. The molecule has 2 unspecified atom stereocenters. The van der Waals surface area contributed by atoms with Gasteiger partial charge < -0.3 is 10.2 Å². The minimum absolute atomic E-state index is 0.0721. The van der Waals surface area contributed by atoms with Crippen LogP contribution in [0.25, 0.3) is 0 Å². The van der Waals surface area contributed by atoms with Crippen LogP contribution >= 0.6 is 0 Å². The van der Waals surface area contributed by atoms with E-state index in [4.69, 9.17) is 0 Å². The molecule has 5 rings (SSSR count). The molecule has 2 aliphatic rings. The molecule has 3 aromatic rings. The fourth-order valence-corrected chi connectivity index (χ4v) is 4.91. The van der Waals surface area contributed by atoms with E-state index in [0.29, 0.717) is 6.54 Å². The topological polar surface area (TPSA) is 48.5 Å². The summed E-state index contributed by atoms with van der Waals surface area (Å²) in [5, 5.41) is 3.15. The molecule has 1 saturated heterocycles. The smallest absolute Gasteiger partial charge is 0.225 e. The molecule has 0 spiro atoms. The highest BCUT2D eigenvalue weighted by Gasteiger charge is 2.41. The Bertz CT molecular complexity index is 1020. The SMILES string of the molecule is O=C(NCc1ccccn1)C1Cc2ccccc2N2CCN(Cc3ccccc3)CC12. The number of piperazine rings is 1. The molecule has 2 atom stereocenters. The summed E-state index contributed by atoms with van der Waals surface area (Å²) in [7, 11) is 0. The third kappa shape index (κ3) is 4.32. The highest BCUT2D eigenvalue weighted by atomic mass is 16.1. The number of carbonyl (C=O) groups is 1. The third-order valence-corrected chi connectivity index (χ3v) is 6.46. The van der Waals surface area contributed by atoms with Crippen LogP contribution in [0.2, 0.25) is 0 Å². The van der Waals surface area contributed by atoms with E-state index >= 15 is 0 Å². The van der Waals surface area contributed by atoms with Gasteiger partial charge in [0.2, 0.25) is 5.91 Å². The third-order valence-electron chi connectivity index (χ3n) is 6.46. The highest BCUT2D eigenvalue weighted by Crippen LogP contribution is 2.36. The zero-order valence-electron chi connectivity index (χ0n) is 17.7. The Morgan fingerprint density at radius 2 is 1.77 bits per heavy atom. The number of aromatic nitrogens is 1. The van der Waals surface area contributed by atoms with Crippen molar-refractivity contribution in [2.75, 3.05) is 24.5 Å². The zero-order valence-corrected chi connectivity index (χ0v) is 17.7. The number of rotatable bonds is 5. The molecule has 1 fully saturated rings. The number of anilines is 1. The number of nitrogens with zero attached hydrogens (tertiary/aromatic N) is 3. The van der Waals surface area contributed by atoms with E-state index in [1.165, 1.54) is 16.8 Å². The summed E-state index contributed by atoms with van der Waals surface area (Å²) in [5.41, 5.74) is 4.77. The Labute approximate surface area is 183 Å². The maximum atomic E-state index is 13.3. The Hall–Kier alpha value is -3.18. The number of carbonyl (C=O) groups excluding carboxylic acids is 1. The fraction of sp³-hybridized carbons (Fsp3) is 0.308. The van der Waals surface area contributed by atoms with Crippen LogP contribution in [-0.4, -0.2) is 41.5 Å². The maximum Gasteiger partial charge on any atom is 0.225 e. The van der Waals surface area contributed by atoms with Gasteiger partial charge in [0.25, 0.3) is 0 Å². The van der Waals surface area contributed by atoms with Crippen molar-refractivity contribution in [1.29, 1.82) is 0 Å². The van der Waals surface area contributed by atoms with Crippen molar-refractivity contribution in [3.8, 4) is 0 Å². The maximum absolute atomic E-state index is 13.3. The zero-order chi connectivity index (χ0) is 21.0. The second kappa shape index (κ2) is 8.90. The summed E-state index contributed by atoms with van der Waals surface area (Å²) in [6.45, 7) is 4.23. The lowest BCUT2D eigenvalue weighted by Gasteiger charge is -2.49. The van der Waals surface area contributed by atoms with E-state index in [1.54, 1.807) is 6.20 Å². The van der Waals surface area contributed by atoms with Crippen molar-refractivity contribution >= 4 is 11.6 Å². The standard InChI is InChI=1S/C26H28N4O/c31-26(28-17-22-11-6-7-13-27-22)23-16-21-10-4-5-12-24(21)30-15-14-29(19-25(23)30)18-20-8-2-1-3-9-20/h1-13,23,25H,14-19H2,(H,28,31). The molecule has 5 nitrogen and oxygen atoms in total. The Balaban J connectivity index is 1.35. The van der Waals surface area contributed by atoms with Crippen molar-refractivity contribution in [2.45, 2.75) is 25.6 Å². The number of nitrogens with one attached hydrogen (secondary N) is 1. The largest absolute Gasteiger partial charge is 0.365 e. The van der Waals surface area contributed by atoms with Gasteiger partial charge in [-0.2, -0.15) is 0 Å². The number of hydrogen-bond donors (Lipinski definition) is 1. The number of hydrogen-bond acceptors (Lipinski definition) is 4. The van der Waals surface area contributed by atoms with Crippen LogP contribution in [0, 0.1) is 5.92 Å². The first-order valence-corrected chi connectivity index (χ1v) is 11.1. The van der Waals surface area contributed by atoms with Crippen LogP contribution in [0.3, 0.4) is 0 Å². The Morgan fingerprint density at radius 1 is 0.968 bits per heavy atom. The molecule has 0 aliphatic carbocycles. The van der Waals surface area contributed by atoms with E-state index in [0.717, 1.165) is 38.3 Å². The van der Waals surface area contributed by atoms with E-state index in [2.05, 4.69) is 74.7 Å². The number of para-hydroxylation sites is 1. The quantitative estimate of drug-likeness (QED) is 0.699. The molecular weight excluding hydrogens is 384 g/mol. The van der Waals surface area contributed by atoms with Crippen LogP contribution < -0.4 is 10.2 Å². The lowest BCUT2D eigenvalue weighted by Crippen LogP contribution is -2.60. The average Bonchev–Trinajstić information content (AvgIpc) is 2.83. The summed E-state index contributed by atoms with van der Waals surface area (Å²) < 4.78 is 0. The number of pyridine rings is 1. The first kappa shape index (κ1) is 19.8. The molecule has 31 heavy (non-hydrogen) atoms. The van der Waals surface area contributed by atoms with Crippen LogP contribution in [0.4, 0.5) is 5.69 Å². The Kier molecular flexibility index (Phi) is 5.67. The molecule has 0 bridgehead atoms. The molecule has 0 saturated carbocycles. The average molecular weight is 413 g/mol. The minimum atomic E-state index is -0.0721. The van der Waals surface area contributed by atoms with Crippen molar-refractivity contribution in [3.05, 3.63) is 95.8 Å². The van der Waals surface area contributed by atoms with E-state index in [1.807, 2.05) is 18.2 Å². The second-order valence-corrected chi connectivity index (χ2v) is 8.46. The number of fused-ring (bicyclic) bond motifs is 3. The van der Waals surface area contributed by atoms with Crippen molar-refractivity contribution in [1.82, 2.24) is 15.2 Å². The molecule has 1 amide bonds. The van der Waals surface area contributed by atoms with Gasteiger partial charge in [-0.05, 0) is 35.7 Å². The number of amides is 1. The summed E-state index contributed by atoms with van der Waals surface area (Å²) in [6.07, 6.45) is 2.55. The molecule has 5 heteroatoms. The van der Waals surface area contributed by atoms with Crippen molar-refractivity contribution < 1.29 is 4.79 Å². The van der Waals surface area contributed by atoms with Gasteiger partial charge in [-0.15, -0.1) is 0 Å². The van der Waals surface area contributed by atoms with Gasteiger partial charge in [-0.3, -0.25) is 14.7 Å². The monoisotopic (exact) mass is 412 g/mol. The lowest BCUT2D eigenvalue weighted by atomic mass is 9.83. The normalized spacial score (nSPS) is 20.6. The molecule has 2 aromatic carbocycles. The first-order chi connectivity index (χ1) is 15.3. The predicted molar refractivity (Wildman–Crippen MR) is 123 cm³/mol. The lowest BCUT2D eigenvalue weighted by molar-refractivity contribution is -0.126. The van der Waals surface area contributed by atoms with Gasteiger partial charge >= 0.3 is 0 Å². The van der Waals surface area contributed by atoms with Crippen molar-refractivity contribution in [3.63, 3.8) is 0 Å². The number of benzene rings is 2. The van der Waals surface area contributed by atoms with Gasteiger partial charge in [-0.1, -0.05) is 54.6 Å². The predicted octanol–water partition coefficient (Wildman–Crippen LogP) is 3.26. The second-order valence-electron chi connectivity index (χ2n) is 8.46. The molecule has 0 radical (unpaired) electrons. The molecule has 3 heterocycles. The summed E-state index contributed by atoms with van der Waals surface area (Å²) >= 11 is 0. The molecule has 158 valence electrons. The molecule has 1 N–H and O–H groups in total. The summed E-state index contributed by atoms with van der Waals surface area (Å²) in [5.74, 6) is 0.0499. The van der Waals surface area contributed by atoms with Gasteiger partial charge in [0.1, 0.15) is 0 Å². The van der Waals surface area contributed by atoms with Crippen LogP contribution in [0.15, 0.2) is 79.0 Å². The molecule has 2 aliphatic heterocycles. The summed E-state index contributed by atoms with van der Waals surface area (Å²) in [6, 6.07) is 25.1. The minimum Gasteiger partial charge on any atom is -0.365 e. The molecular formula is C26H28N4O. The van der Waals surface area contributed by atoms with Gasteiger partial charge in [0, 0.05) is 38.1 Å². The van der Waals surface area contributed by atoms with Gasteiger partial charge in [0.05, 0.1) is 24.2 Å². The fourth-order valence-electron chi connectivity index (χ4n) is 4.91. The van der Waals surface area contributed by atoms with Gasteiger partial charge in [0.15, 0.2) is 0 Å². The van der Waals surface area contributed by atoms with Crippen LogP contribution in [0.5, 0.6) is 0 Å². The van der Waals surface area contributed by atoms with Crippen LogP contribution in [-0.2, 0) is 24.3 Å². The highest BCUT2D eigenvalue weighted by molar-refractivity contribution is 5.82. The van der Waals surface area contributed by atoms with Crippen LogP contribution in [0.1, 0.15) is 16.8 Å². The van der Waals surface area contributed by atoms with Gasteiger partial charge in [-0.25, -0.2) is 0 Å². The first-order valence-electron chi connectivity index (χ1n) is 11.1. The van der Waals surface area contributed by atoms with Crippen molar-refractivity contribution in [2.24, 2.45) is 5.92 Å². The van der Waals surface area contributed by atoms with E-state index in [9.17, 15) is 4.79 Å². The summed E-state index contributed by atoms with van der Waals surface area (Å²) in [4.78, 5) is 22.6.